The Hall–Kier alpha value is -2.25. The van der Waals surface area contributed by atoms with Crippen molar-refractivity contribution < 1.29 is 26.7 Å². The zero-order valence-electron chi connectivity index (χ0n) is 11.6. The molecule has 1 aliphatic rings. The fourth-order valence-electron chi connectivity index (χ4n) is 2.27. The Morgan fingerprint density at radius 3 is 2.48 bits per heavy atom. The van der Waals surface area contributed by atoms with Crippen LogP contribution < -0.4 is 4.74 Å². The first-order valence-electron chi connectivity index (χ1n) is 6.85. The summed E-state index contributed by atoms with van der Waals surface area (Å²) in [4.78, 5) is 7.84. The summed E-state index contributed by atoms with van der Waals surface area (Å²) in [6, 6.07) is 3.05. The molecule has 23 heavy (non-hydrogen) atoms. The standard InChI is InChI=1S/C15H11F5N2O/c16-8-3-4-9(11(5-8)23-15(19)20)10-6-21-13(14(17)18)12(22-10)7-1-2-7/h3-7,14-15H,1-2H2. The summed E-state index contributed by atoms with van der Waals surface area (Å²) in [5, 5.41) is 0. The highest BCUT2D eigenvalue weighted by molar-refractivity contribution is 5.66. The number of nitrogens with zero attached hydrogens (tertiary/aromatic N) is 2. The van der Waals surface area contributed by atoms with E-state index in [9.17, 15) is 22.0 Å². The second-order valence-electron chi connectivity index (χ2n) is 5.12. The highest BCUT2D eigenvalue weighted by atomic mass is 19.3. The maximum atomic E-state index is 13.2. The minimum atomic E-state index is -3.15. The molecule has 0 unspecified atom stereocenters. The largest absolute Gasteiger partial charge is 0.434 e. The van der Waals surface area contributed by atoms with E-state index in [1.807, 2.05) is 0 Å². The second kappa shape index (κ2) is 6.10. The predicted octanol–water partition coefficient (Wildman–Crippen LogP) is 4.70. The normalized spacial score (nSPS) is 14.6. The van der Waals surface area contributed by atoms with Gasteiger partial charge in [-0.25, -0.2) is 18.2 Å². The monoisotopic (exact) mass is 330 g/mol. The quantitative estimate of drug-likeness (QED) is 0.746. The van der Waals surface area contributed by atoms with Gasteiger partial charge in [0, 0.05) is 17.5 Å². The topological polar surface area (TPSA) is 35.0 Å². The van der Waals surface area contributed by atoms with Gasteiger partial charge in [0.2, 0.25) is 0 Å². The second-order valence-corrected chi connectivity index (χ2v) is 5.12. The highest BCUT2D eigenvalue weighted by Crippen LogP contribution is 2.43. The average Bonchev–Trinajstić information content (AvgIpc) is 3.30. The number of aromatic nitrogens is 2. The molecule has 0 radical (unpaired) electrons. The Morgan fingerprint density at radius 2 is 1.87 bits per heavy atom. The van der Waals surface area contributed by atoms with Crippen molar-refractivity contribution in [1.82, 2.24) is 9.97 Å². The van der Waals surface area contributed by atoms with Crippen molar-refractivity contribution >= 4 is 0 Å². The molecule has 1 fully saturated rings. The molecule has 1 aliphatic carbocycles. The molecule has 2 aromatic rings. The predicted molar refractivity (Wildman–Crippen MR) is 71.0 cm³/mol. The third kappa shape index (κ3) is 3.40. The van der Waals surface area contributed by atoms with Gasteiger partial charge in [0.25, 0.3) is 6.43 Å². The lowest BCUT2D eigenvalue weighted by molar-refractivity contribution is -0.0496. The van der Waals surface area contributed by atoms with Gasteiger partial charge in [0.1, 0.15) is 17.3 Å². The van der Waals surface area contributed by atoms with Crippen LogP contribution in [0.3, 0.4) is 0 Å². The fraction of sp³-hybridized carbons (Fsp3) is 0.333. The van der Waals surface area contributed by atoms with Crippen LogP contribution in [0.4, 0.5) is 22.0 Å². The minimum Gasteiger partial charge on any atom is -0.434 e. The molecule has 0 atom stereocenters. The molecular formula is C15H11F5N2O. The molecule has 0 N–H and O–H groups in total. The summed E-state index contributed by atoms with van der Waals surface area (Å²) in [6.07, 6.45) is -0.264. The molecule has 1 saturated carbocycles. The molecule has 1 heterocycles. The highest BCUT2D eigenvalue weighted by Gasteiger charge is 2.32. The van der Waals surface area contributed by atoms with E-state index in [4.69, 9.17) is 0 Å². The summed E-state index contributed by atoms with van der Waals surface area (Å²) in [7, 11) is 0. The molecule has 0 spiro atoms. The molecule has 1 aromatic carbocycles. The van der Waals surface area contributed by atoms with Crippen molar-refractivity contribution in [3.05, 3.63) is 41.6 Å². The van der Waals surface area contributed by atoms with Gasteiger partial charge < -0.3 is 4.74 Å². The molecular weight excluding hydrogens is 319 g/mol. The first kappa shape index (κ1) is 15.6. The third-order valence-corrected chi connectivity index (χ3v) is 3.44. The number of ether oxygens (including phenoxy) is 1. The van der Waals surface area contributed by atoms with Crippen LogP contribution in [0, 0.1) is 5.82 Å². The Balaban J connectivity index is 2.06. The van der Waals surface area contributed by atoms with E-state index in [1.165, 1.54) is 6.07 Å². The summed E-state index contributed by atoms with van der Waals surface area (Å²) < 4.78 is 68.4. The van der Waals surface area contributed by atoms with Gasteiger partial charge >= 0.3 is 6.61 Å². The third-order valence-electron chi connectivity index (χ3n) is 3.44. The number of alkyl halides is 4. The van der Waals surface area contributed by atoms with Crippen LogP contribution in [0.25, 0.3) is 11.3 Å². The lowest BCUT2D eigenvalue weighted by Gasteiger charge is -2.12. The van der Waals surface area contributed by atoms with Gasteiger partial charge in [-0.2, -0.15) is 8.78 Å². The maximum absolute atomic E-state index is 13.2. The van der Waals surface area contributed by atoms with E-state index < -0.39 is 30.3 Å². The lowest BCUT2D eigenvalue weighted by atomic mass is 10.1. The van der Waals surface area contributed by atoms with Crippen LogP contribution in [0.1, 0.15) is 36.6 Å². The van der Waals surface area contributed by atoms with Gasteiger partial charge in [0.15, 0.2) is 0 Å². The molecule has 3 nitrogen and oxygen atoms in total. The Morgan fingerprint density at radius 1 is 1.13 bits per heavy atom. The SMILES string of the molecule is Fc1ccc(-c2cnc(C(F)F)c(C3CC3)n2)c(OC(F)F)c1. The molecule has 0 saturated heterocycles. The van der Waals surface area contributed by atoms with Gasteiger partial charge in [-0.15, -0.1) is 0 Å². The molecule has 122 valence electrons. The Bertz CT molecular complexity index is 719. The van der Waals surface area contributed by atoms with Crippen LogP contribution in [-0.2, 0) is 0 Å². The van der Waals surface area contributed by atoms with Crippen molar-refractivity contribution in [3.63, 3.8) is 0 Å². The molecule has 3 rings (SSSR count). The zero-order valence-corrected chi connectivity index (χ0v) is 11.6. The van der Waals surface area contributed by atoms with Crippen LogP contribution in [0.5, 0.6) is 5.75 Å². The van der Waals surface area contributed by atoms with Gasteiger partial charge in [-0.05, 0) is 25.0 Å². The van der Waals surface area contributed by atoms with Crippen LogP contribution in [-0.4, -0.2) is 16.6 Å². The van der Waals surface area contributed by atoms with Crippen molar-refractivity contribution in [1.29, 1.82) is 0 Å². The summed E-state index contributed by atoms with van der Waals surface area (Å²) >= 11 is 0. The Labute approximate surface area is 128 Å². The van der Waals surface area contributed by atoms with Gasteiger partial charge in [0.05, 0.1) is 17.6 Å². The van der Waals surface area contributed by atoms with E-state index in [1.54, 1.807) is 0 Å². The smallest absolute Gasteiger partial charge is 0.387 e. The van der Waals surface area contributed by atoms with Gasteiger partial charge in [-0.1, -0.05) is 0 Å². The number of benzene rings is 1. The maximum Gasteiger partial charge on any atom is 0.387 e. The Kier molecular flexibility index (Phi) is 4.14. The van der Waals surface area contributed by atoms with E-state index in [0.717, 1.165) is 31.2 Å². The van der Waals surface area contributed by atoms with E-state index in [-0.39, 0.29) is 22.9 Å². The van der Waals surface area contributed by atoms with E-state index >= 15 is 0 Å². The van der Waals surface area contributed by atoms with Gasteiger partial charge in [-0.3, -0.25) is 4.98 Å². The average molecular weight is 330 g/mol. The zero-order chi connectivity index (χ0) is 16.6. The minimum absolute atomic E-state index is 0.0712. The number of hydrogen-bond acceptors (Lipinski definition) is 3. The molecule has 0 bridgehead atoms. The van der Waals surface area contributed by atoms with Crippen molar-refractivity contribution in [2.24, 2.45) is 0 Å². The van der Waals surface area contributed by atoms with E-state index in [2.05, 4.69) is 14.7 Å². The van der Waals surface area contributed by atoms with Crippen molar-refractivity contribution in [2.45, 2.75) is 31.8 Å². The molecule has 8 heteroatoms. The van der Waals surface area contributed by atoms with Crippen LogP contribution in [0.2, 0.25) is 0 Å². The number of hydrogen-bond donors (Lipinski definition) is 0. The first-order chi connectivity index (χ1) is 11.0. The van der Waals surface area contributed by atoms with Crippen LogP contribution in [0.15, 0.2) is 24.4 Å². The summed E-state index contributed by atoms with van der Waals surface area (Å²) in [5.74, 6) is -1.28. The first-order valence-corrected chi connectivity index (χ1v) is 6.85. The van der Waals surface area contributed by atoms with E-state index in [0.29, 0.717) is 0 Å². The number of rotatable bonds is 5. The van der Waals surface area contributed by atoms with Crippen molar-refractivity contribution in [3.8, 4) is 17.0 Å². The molecule has 1 aromatic heterocycles. The van der Waals surface area contributed by atoms with Crippen molar-refractivity contribution in [2.75, 3.05) is 0 Å². The molecule has 0 amide bonds. The molecule has 0 aliphatic heterocycles. The number of halogens is 5. The van der Waals surface area contributed by atoms with Crippen LogP contribution >= 0.6 is 0 Å². The lowest BCUT2D eigenvalue weighted by Crippen LogP contribution is -2.06. The summed E-state index contributed by atoms with van der Waals surface area (Å²) in [5.41, 5.74) is -0.0895. The fourth-order valence-corrected chi connectivity index (χ4v) is 2.27. The summed E-state index contributed by atoms with van der Waals surface area (Å²) in [6.45, 7) is -3.15.